The molecule has 0 saturated carbocycles. The van der Waals surface area contributed by atoms with Gasteiger partial charge in [-0.05, 0) is 48.6 Å². The van der Waals surface area contributed by atoms with E-state index in [0.717, 1.165) is 68.2 Å². The molecule has 0 amide bonds. The van der Waals surface area contributed by atoms with Gasteiger partial charge in [0.05, 0.1) is 12.9 Å². The third-order valence-corrected chi connectivity index (χ3v) is 7.94. The average molecular weight is 636 g/mol. The van der Waals surface area contributed by atoms with Crippen molar-refractivity contribution in [2.24, 2.45) is 4.99 Å². The summed E-state index contributed by atoms with van der Waals surface area (Å²) in [6, 6.07) is 12.7. The smallest absolute Gasteiger partial charge is 0.453 e. The Morgan fingerprint density at radius 3 is 2.21 bits per heavy atom. The van der Waals surface area contributed by atoms with Gasteiger partial charge in [-0.3, -0.25) is 4.99 Å². The number of nitrogens with one attached hydrogen (secondary N) is 2. The van der Waals surface area contributed by atoms with E-state index in [1.54, 1.807) is 24.3 Å². The van der Waals surface area contributed by atoms with Crippen molar-refractivity contribution in [3.63, 3.8) is 0 Å². The quantitative estimate of drug-likeness (QED) is 0.0463. The number of phenolic OH excluding ortho intramolecular Hbond substituents is 2. The van der Waals surface area contributed by atoms with Gasteiger partial charge in [0.15, 0.2) is 0 Å². The molecule has 2 unspecified atom stereocenters. The van der Waals surface area contributed by atoms with E-state index in [-0.39, 0.29) is 48.2 Å². The molecule has 1 heterocycles. The lowest BCUT2D eigenvalue weighted by Gasteiger charge is -2.43. The summed E-state index contributed by atoms with van der Waals surface area (Å²) in [5.41, 5.74) is 7.11. The van der Waals surface area contributed by atoms with Crippen LogP contribution in [0.3, 0.4) is 0 Å². The van der Waals surface area contributed by atoms with Crippen molar-refractivity contribution in [1.82, 2.24) is 10.9 Å². The van der Waals surface area contributed by atoms with Crippen LogP contribution >= 0.6 is 12.4 Å². The fourth-order valence-electron chi connectivity index (χ4n) is 5.41. The van der Waals surface area contributed by atoms with E-state index in [2.05, 4.69) is 22.8 Å². The zero-order chi connectivity index (χ0) is 30.6. The number of aliphatic imine (C=N–C) groups is 1. The van der Waals surface area contributed by atoms with Crippen molar-refractivity contribution in [1.29, 1.82) is 0 Å². The highest BCUT2D eigenvalue weighted by Gasteiger charge is 2.56. The van der Waals surface area contributed by atoms with Crippen LogP contribution in [0.25, 0.3) is 0 Å². The summed E-state index contributed by atoms with van der Waals surface area (Å²) in [4.78, 5) is 4.16. The summed E-state index contributed by atoms with van der Waals surface area (Å²) < 4.78 is 68.0. The predicted molar refractivity (Wildman–Crippen MR) is 161 cm³/mol. The highest BCUT2D eigenvalue weighted by atomic mass is 35.5. The maximum Gasteiger partial charge on any atom is 0.453 e. The van der Waals surface area contributed by atoms with E-state index < -0.39 is 18.5 Å². The molecular weight excluding hydrogens is 593 g/mol. The van der Waals surface area contributed by atoms with E-state index in [9.17, 15) is 32.2 Å². The highest BCUT2D eigenvalue weighted by Crippen LogP contribution is 2.49. The second-order valence-electron chi connectivity index (χ2n) is 11.2. The van der Waals surface area contributed by atoms with E-state index in [1.165, 1.54) is 6.34 Å². The normalized spacial score (nSPS) is 18.6. The van der Waals surface area contributed by atoms with Crippen LogP contribution in [0.5, 0.6) is 17.2 Å². The molecule has 4 N–H and O–H groups in total. The lowest BCUT2D eigenvalue weighted by atomic mass is 9.66. The van der Waals surface area contributed by atoms with Crippen LogP contribution in [0.2, 0.25) is 0 Å². The number of benzene rings is 2. The maximum atomic E-state index is 12.8. The first-order valence-electron chi connectivity index (χ1n) is 14.6. The summed E-state index contributed by atoms with van der Waals surface area (Å²) in [5, 5.41) is 19.7. The van der Waals surface area contributed by atoms with Crippen molar-refractivity contribution in [3.8, 4) is 17.2 Å². The Bertz CT molecular complexity index is 1130. The number of hydrogen-bond donors (Lipinski definition) is 4. The number of rotatable bonds is 17. The third kappa shape index (κ3) is 10.7. The van der Waals surface area contributed by atoms with Gasteiger partial charge >= 0.3 is 12.1 Å². The van der Waals surface area contributed by atoms with Crippen LogP contribution in [0.15, 0.2) is 47.5 Å². The van der Waals surface area contributed by atoms with Gasteiger partial charge in [0.2, 0.25) is 0 Å². The molecule has 0 aliphatic carbocycles. The molecule has 0 radical (unpaired) electrons. The SMILES string of the molecule is CC1(c2ccc(O)cc2)COc2cc(O)ccc2C1CCCCCCCCCN=CNNCCCC(F)(F)C(F)(F)F.Cl. The number of alkyl halides is 5. The van der Waals surface area contributed by atoms with Crippen LogP contribution in [0, 0.1) is 0 Å². The summed E-state index contributed by atoms with van der Waals surface area (Å²) in [5.74, 6) is -3.30. The Kier molecular flexibility index (Phi) is 14.3. The number of phenols is 2. The van der Waals surface area contributed by atoms with Crippen molar-refractivity contribution in [2.45, 2.75) is 94.6 Å². The van der Waals surface area contributed by atoms with Gasteiger partial charge in [-0.15, -0.1) is 12.4 Å². The Morgan fingerprint density at radius 1 is 0.907 bits per heavy atom. The van der Waals surface area contributed by atoms with Gasteiger partial charge in [-0.1, -0.05) is 63.6 Å². The fraction of sp³-hybridized carbons (Fsp3) is 0.581. The first-order chi connectivity index (χ1) is 19.9. The summed E-state index contributed by atoms with van der Waals surface area (Å²) >= 11 is 0. The van der Waals surface area contributed by atoms with Crippen LogP contribution in [-0.2, 0) is 5.41 Å². The number of halogens is 6. The lowest BCUT2D eigenvalue weighted by Crippen LogP contribution is -2.40. The van der Waals surface area contributed by atoms with Gasteiger partial charge in [0.25, 0.3) is 0 Å². The molecule has 242 valence electrons. The van der Waals surface area contributed by atoms with E-state index in [0.29, 0.717) is 13.2 Å². The van der Waals surface area contributed by atoms with Crippen molar-refractivity contribution < 1.29 is 36.9 Å². The van der Waals surface area contributed by atoms with E-state index in [4.69, 9.17) is 4.74 Å². The van der Waals surface area contributed by atoms with Crippen LogP contribution in [0.4, 0.5) is 22.0 Å². The first-order valence-corrected chi connectivity index (χ1v) is 14.6. The zero-order valence-corrected chi connectivity index (χ0v) is 25.3. The number of fused-ring (bicyclic) bond motifs is 1. The average Bonchev–Trinajstić information content (AvgIpc) is 2.93. The highest BCUT2D eigenvalue weighted by molar-refractivity contribution is 5.85. The van der Waals surface area contributed by atoms with Crippen LogP contribution in [0.1, 0.15) is 88.2 Å². The minimum absolute atomic E-state index is 0. The Morgan fingerprint density at radius 2 is 1.53 bits per heavy atom. The molecule has 2 aromatic rings. The molecule has 43 heavy (non-hydrogen) atoms. The number of ether oxygens (including phenoxy) is 1. The Hall–Kier alpha value is -2.79. The van der Waals surface area contributed by atoms with Crippen LogP contribution in [-0.4, -0.2) is 48.3 Å². The molecule has 0 spiro atoms. The third-order valence-electron chi connectivity index (χ3n) is 7.94. The molecule has 2 atom stereocenters. The largest absolute Gasteiger partial charge is 0.508 e. The molecule has 0 aromatic heterocycles. The molecule has 6 nitrogen and oxygen atoms in total. The minimum atomic E-state index is -5.51. The molecule has 3 rings (SSSR count). The minimum Gasteiger partial charge on any atom is -0.508 e. The van der Waals surface area contributed by atoms with Crippen LogP contribution < -0.4 is 15.6 Å². The van der Waals surface area contributed by atoms with Crippen molar-refractivity contribution in [3.05, 3.63) is 53.6 Å². The number of hydrazine groups is 1. The number of hydrogen-bond acceptors (Lipinski definition) is 5. The first kappa shape index (κ1) is 36.4. The number of aromatic hydroxyl groups is 2. The Labute approximate surface area is 256 Å². The topological polar surface area (TPSA) is 86.1 Å². The fourth-order valence-corrected chi connectivity index (χ4v) is 5.41. The van der Waals surface area contributed by atoms with E-state index in [1.807, 2.05) is 18.2 Å². The molecule has 0 bridgehead atoms. The van der Waals surface area contributed by atoms with Crippen molar-refractivity contribution in [2.75, 3.05) is 19.7 Å². The van der Waals surface area contributed by atoms with Gasteiger partial charge in [-0.25, -0.2) is 5.43 Å². The predicted octanol–water partition coefficient (Wildman–Crippen LogP) is 8.17. The van der Waals surface area contributed by atoms with Gasteiger partial charge in [0, 0.05) is 36.9 Å². The number of nitrogens with zero attached hydrogens (tertiary/aromatic N) is 1. The summed E-state index contributed by atoms with van der Waals surface area (Å²) in [7, 11) is 0. The molecule has 12 heteroatoms. The molecule has 1 aliphatic rings. The molecule has 0 saturated heterocycles. The zero-order valence-electron chi connectivity index (χ0n) is 24.4. The van der Waals surface area contributed by atoms with Gasteiger partial charge in [0.1, 0.15) is 17.2 Å². The monoisotopic (exact) mass is 635 g/mol. The van der Waals surface area contributed by atoms with Gasteiger partial charge < -0.3 is 20.4 Å². The molecule has 0 fully saturated rings. The molecule has 2 aromatic carbocycles. The molecule has 1 aliphatic heterocycles. The second kappa shape index (κ2) is 16.9. The summed E-state index contributed by atoms with van der Waals surface area (Å²) in [6.07, 6.45) is 2.76. The number of unbranched alkanes of at least 4 members (excludes halogenated alkanes) is 6. The standard InChI is InChI=1S/C31H42F5N3O3.ClH/c1-29(23-11-13-24(40)14-12-23)21-42-28-20-25(41)15-16-26(28)27(29)10-7-5-3-2-4-6-8-18-37-22-39-38-19-9-17-30(32,33)31(34,35)36;/h11-16,20,22,27,38,40-41H,2-10,17-19,21H2,1H3,(H,37,39);1H. The maximum absolute atomic E-state index is 12.8. The van der Waals surface area contributed by atoms with E-state index >= 15 is 0 Å². The second-order valence-corrected chi connectivity index (χ2v) is 11.2. The molecular formula is C31H43ClF5N3O3. The van der Waals surface area contributed by atoms with Crippen molar-refractivity contribution >= 4 is 18.7 Å². The summed E-state index contributed by atoms with van der Waals surface area (Å²) in [6.45, 7) is 3.27. The Balaban J connectivity index is 0.00000645. The van der Waals surface area contributed by atoms with Gasteiger partial charge in [-0.2, -0.15) is 22.0 Å². The lowest BCUT2D eigenvalue weighted by molar-refractivity contribution is -0.284.